The minimum absolute atomic E-state index is 0.231. The van der Waals surface area contributed by atoms with E-state index in [9.17, 15) is 0 Å². The van der Waals surface area contributed by atoms with Crippen molar-refractivity contribution in [2.45, 2.75) is 45.2 Å². The van der Waals surface area contributed by atoms with Crippen LogP contribution in [0.4, 0.5) is 0 Å². The van der Waals surface area contributed by atoms with Crippen LogP contribution >= 0.6 is 27.3 Å². The van der Waals surface area contributed by atoms with E-state index in [0.717, 1.165) is 18.9 Å². The fraction of sp³-hybridized carbons (Fsp3) is 0.714. The van der Waals surface area contributed by atoms with Crippen molar-refractivity contribution in [3.05, 3.63) is 20.8 Å². The summed E-state index contributed by atoms with van der Waals surface area (Å²) in [5, 5.41) is 0. The number of hydrogen-bond acceptors (Lipinski definition) is 3. The number of nitrogens with zero attached hydrogens (tertiary/aromatic N) is 1. The van der Waals surface area contributed by atoms with Crippen molar-refractivity contribution in [2.75, 3.05) is 13.1 Å². The van der Waals surface area contributed by atoms with Crippen molar-refractivity contribution >= 4 is 27.3 Å². The first kappa shape index (κ1) is 14.5. The zero-order valence-electron chi connectivity index (χ0n) is 11.2. The Kier molecular flexibility index (Phi) is 5.24. The summed E-state index contributed by atoms with van der Waals surface area (Å²) in [4.78, 5) is 3.98. The number of halogens is 1. The average molecular weight is 331 g/mol. The average Bonchev–Trinajstić information content (AvgIpc) is 3.09. The van der Waals surface area contributed by atoms with Crippen LogP contribution in [0.25, 0.3) is 0 Å². The van der Waals surface area contributed by atoms with Crippen LogP contribution in [0.5, 0.6) is 0 Å². The molecule has 0 aromatic carbocycles. The number of thiophene rings is 1. The lowest BCUT2D eigenvalue weighted by Crippen LogP contribution is -2.41. The van der Waals surface area contributed by atoms with Crippen LogP contribution in [0.1, 0.15) is 44.0 Å². The summed E-state index contributed by atoms with van der Waals surface area (Å²) in [5.74, 6) is 0.917. The van der Waals surface area contributed by atoms with Crippen molar-refractivity contribution in [3.8, 4) is 0 Å². The second-order valence-corrected chi connectivity index (χ2v) is 7.68. The van der Waals surface area contributed by atoms with Crippen LogP contribution in [0.2, 0.25) is 0 Å². The van der Waals surface area contributed by atoms with Gasteiger partial charge in [0.05, 0.1) is 9.83 Å². The van der Waals surface area contributed by atoms with Crippen LogP contribution in [0.3, 0.4) is 0 Å². The highest BCUT2D eigenvalue weighted by Crippen LogP contribution is 2.37. The number of rotatable bonds is 7. The van der Waals surface area contributed by atoms with Gasteiger partial charge in [0.15, 0.2) is 0 Å². The molecule has 1 heterocycles. The van der Waals surface area contributed by atoms with E-state index >= 15 is 0 Å². The smallest absolute Gasteiger partial charge is 0.0702 e. The molecule has 2 nitrogen and oxygen atoms in total. The lowest BCUT2D eigenvalue weighted by molar-refractivity contribution is 0.173. The van der Waals surface area contributed by atoms with Crippen molar-refractivity contribution in [1.29, 1.82) is 0 Å². The molecule has 1 aliphatic rings. The van der Waals surface area contributed by atoms with E-state index in [1.54, 1.807) is 0 Å². The van der Waals surface area contributed by atoms with Crippen LogP contribution in [-0.4, -0.2) is 24.0 Å². The Hall–Kier alpha value is 0.1000. The van der Waals surface area contributed by atoms with E-state index < -0.39 is 0 Å². The highest BCUT2D eigenvalue weighted by Gasteiger charge is 2.31. The molecule has 0 spiro atoms. The van der Waals surface area contributed by atoms with Gasteiger partial charge in [-0.1, -0.05) is 13.8 Å². The van der Waals surface area contributed by atoms with Gasteiger partial charge in [0, 0.05) is 17.5 Å². The van der Waals surface area contributed by atoms with Crippen molar-refractivity contribution in [1.82, 2.24) is 4.90 Å². The molecular formula is C14H23BrN2S. The SMILES string of the molecule is CCC(N)C(c1ccc(Br)s1)N(CC)CC1CC1. The van der Waals surface area contributed by atoms with Crippen molar-refractivity contribution in [2.24, 2.45) is 11.7 Å². The third-order valence-corrected chi connectivity index (χ3v) is 5.45. The normalized spacial score (nSPS) is 19.2. The molecule has 1 saturated carbocycles. The third-order valence-electron chi connectivity index (χ3n) is 3.75. The molecule has 102 valence electrons. The quantitative estimate of drug-likeness (QED) is 0.818. The molecule has 2 rings (SSSR count). The van der Waals surface area contributed by atoms with Gasteiger partial charge in [-0.05, 0) is 59.8 Å². The van der Waals surface area contributed by atoms with Crippen LogP contribution in [0.15, 0.2) is 15.9 Å². The lowest BCUT2D eigenvalue weighted by Gasteiger charge is -2.34. The fourth-order valence-corrected chi connectivity index (χ4v) is 4.08. The minimum Gasteiger partial charge on any atom is -0.326 e. The Morgan fingerprint density at radius 3 is 2.61 bits per heavy atom. The summed E-state index contributed by atoms with van der Waals surface area (Å²) >= 11 is 5.39. The molecule has 2 N–H and O–H groups in total. The van der Waals surface area contributed by atoms with Crippen LogP contribution in [-0.2, 0) is 0 Å². The zero-order chi connectivity index (χ0) is 13.1. The molecule has 0 bridgehead atoms. The molecule has 18 heavy (non-hydrogen) atoms. The Morgan fingerprint density at radius 1 is 1.44 bits per heavy atom. The molecule has 2 atom stereocenters. The second-order valence-electron chi connectivity index (χ2n) is 5.19. The first-order chi connectivity index (χ1) is 8.65. The van der Waals surface area contributed by atoms with Gasteiger partial charge in [-0.15, -0.1) is 11.3 Å². The number of nitrogens with two attached hydrogens (primary N) is 1. The van der Waals surface area contributed by atoms with E-state index in [4.69, 9.17) is 5.73 Å². The van der Waals surface area contributed by atoms with Crippen molar-refractivity contribution < 1.29 is 0 Å². The monoisotopic (exact) mass is 330 g/mol. The number of hydrogen-bond donors (Lipinski definition) is 1. The molecule has 1 aromatic rings. The molecule has 1 aromatic heterocycles. The first-order valence-corrected chi connectivity index (χ1v) is 8.51. The van der Waals surface area contributed by atoms with Gasteiger partial charge in [0.1, 0.15) is 0 Å². The van der Waals surface area contributed by atoms with Gasteiger partial charge < -0.3 is 5.73 Å². The third kappa shape index (κ3) is 3.56. The van der Waals surface area contributed by atoms with E-state index in [1.165, 1.54) is 28.0 Å². The Morgan fingerprint density at radius 2 is 2.17 bits per heavy atom. The molecule has 0 aliphatic heterocycles. The van der Waals surface area contributed by atoms with Gasteiger partial charge in [0.2, 0.25) is 0 Å². The summed E-state index contributed by atoms with van der Waals surface area (Å²) in [7, 11) is 0. The van der Waals surface area contributed by atoms with Gasteiger partial charge >= 0.3 is 0 Å². The second kappa shape index (κ2) is 6.51. The van der Waals surface area contributed by atoms with E-state index in [1.807, 2.05) is 11.3 Å². The maximum absolute atomic E-state index is 6.38. The van der Waals surface area contributed by atoms with Gasteiger partial charge in [-0.3, -0.25) is 4.90 Å². The van der Waals surface area contributed by atoms with E-state index in [-0.39, 0.29) is 6.04 Å². The topological polar surface area (TPSA) is 29.3 Å². The van der Waals surface area contributed by atoms with Crippen molar-refractivity contribution in [3.63, 3.8) is 0 Å². The molecule has 0 saturated heterocycles. The first-order valence-electron chi connectivity index (χ1n) is 6.90. The molecule has 2 unspecified atom stereocenters. The van der Waals surface area contributed by atoms with Crippen LogP contribution in [0, 0.1) is 5.92 Å². The molecule has 1 aliphatic carbocycles. The molecule has 4 heteroatoms. The fourth-order valence-electron chi connectivity index (χ4n) is 2.44. The highest BCUT2D eigenvalue weighted by atomic mass is 79.9. The van der Waals surface area contributed by atoms with E-state index in [0.29, 0.717) is 6.04 Å². The van der Waals surface area contributed by atoms with E-state index in [2.05, 4.69) is 46.8 Å². The Balaban J connectivity index is 2.16. The number of likely N-dealkylation sites (N-methyl/N-ethyl adjacent to an activating group) is 1. The summed E-state index contributed by atoms with van der Waals surface area (Å²) in [5.41, 5.74) is 6.38. The maximum atomic E-state index is 6.38. The minimum atomic E-state index is 0.231. The highest BCUT2D eigenvalue weighted by molar-refractivity contribution is 9.11. The summed E-state index contributed by atoms with van der Waals surface area (Å²) < 4.78 is 1.20. The Labute approximate surface area is 123 Å². The van der Waals surface area contributed by atoms with Gasteiger partial charge in [-0.25, -0.2) is 0 Å². The Bertz CT molecular complexity index is 376. The molecule has 1 fully saturated rings. The lowest BCUT2D eigenvalue weighted by atomic mass is 10.0. The summed E-state index contributed by atoms with van der Waals surface area (Å²) in [6, 6.07) is 4.98. The summed E-state index contributed by atoms with van der Waals surface area (Å²) in [6.45, 7) is 6.74. The molecule has 0 amide bonds. The molecular weight excluding hydrogens is 308 g/mol. The maximum Gasteiger partial charge on any atom is 0.0702 e. The predicted octanol–water partition coefficient (Wildman–Crippen LogP) is 4.02. The summed E-state index contributed by atoms with van der Waals surface area (Å²) in [6.07, 6.45) is 3.83. The van der Waals surface area contributed by atoms with Gasteiger partial charge in [-0.2, -0.15) is 0 Å². The largest absolute Gasteiger partial charge is 0.326 e. The zero-order valence-corrected chi connectivity index (χ0v) is 13.6. The van der Waals surface area contributed by atoms with Gasteiger partial charge in [0.25, 0.3) is 0 Å². The standard InChI is InChI=1S/C14H23BrN2S/c1-3-11(16)14(12-7-8-13(15)18-12)17(4-2)9-10-5-6-10/h7-8,10-11,14H,3-6,9,16H2,1-2H3. The predicted molar refractivity (Wildman–Crippen MR) is 83.0 cm³/mol. The van der Waals surface area contributed by atoms with Crippen LogP contribution < -0.4 is 5.73 Å². The molecule has 0 radical (unpaired) electrons.